The van der Waals surface area contributed by atoms with Crippen LogP contribution in [-0.2, 0) is 4.79 Å². The van der Waals surface area contributed by atoms with Crippen molar-refractivity contribution in [1.29, 1.82) is 0 Å². The van der Waals surface area contributed by atoms with Crippen LogP contribution in [0.1, 0.15) is 5.56 Å². The monoisotopic (exact) mass is 246 g/mol. The van der Waals surface area contributed by atoms with Crippen LogP contribution in [0.25, 0.3) is 5.76 Å². The number of alkyl halides is 3. The molecule has 0 amide bonds. The maximum Gasteiger partial charge on any atom is 0.454 e. The normalized spacial score (nSPS) is 12.4. The molecule has 1 aromatic rings. The standard InChI is InChI=1S/C11H9F3O3/c1-17-8-4-2-3-7(5-8)9(15)6-10(16)11(12,13)14/h2-6,15H,1H3. The minimum absolute atomic E-state index is 0.0713. The Labute approximate surface area is 95.1 Å². The van der Waals surface area contributed by atoms with Crippen molar-refractivity contribution in [3.63, 3.8) is 0 Å². The smallest absolute Gasteiger partial charge is 0.454 e. The van der Waals surface area contributed by atoms with Gasteiger partial charge in [-0.1, -0.05) is 12.1 Å². The Kier molecular flexibility index (Phi) is 3.77. The summed E-state index contributed by atoms with van der Waals surface area (Å²) in [6.45, 7) is 0. The molecule has 0 heterocycles. The summed E-state index contributed by atoms with van der Waals surface area (Å²) in [7, 11) is 1.38. The number of allylic oxidation sites excluding steroid dienone is 1. The van der Waals surface area contributed by atoms with E-state index in [0.29, 0.717) is 5.75 Å². The van der Waals surface area contributed by atoms with Crippen molar-refractivity contribution in [2.75, 3.05) is 7.11 Å². The van der Waals surface area contributed by atoms with Crippen LogP contribution in [-0.4, -0.2) is 24.2 Å². The second-order valence-electron chi connectivity index (χ2n) is 3.12. The number of halogens is 3. The van der Waals surface area contributed by atoms with E-state index in [1.165, 1.54) is 25.3 Å². The Hall–Kier alpha value is -1.98. The van der Waals surface area contributed by atoms with Gasteiger partial charge in [0.1, 0.15) is 11.5 Å². The highest BCUT2D eigenvalue weighted by Gasteiger charge is 2.36. The molecule has 0 fully saturated rings. The topological polar surface area (TPSA) is 46.5 Å². The minimum atomic E-state index is -4.99. The number of aliphatic hydroxyl groups is 1. The summed E-state index contributed by atoms with van der Waals surface area (Å²) >= 11 is 0. The summed E-state index contributed by atoms with van der Waals surface area (Å²) in [6.07, 6.45) is -4.86. The molecule has 0 saturated carbocycles. The second-order valence-corrected chi connectivity index (χ2v) is 3.12. The maximum absolute atomic E-state index is 11.9. The summed E-state index contributed by atoms with van der Waals surface area (Å²) in [5, 5.41) is 9.36. The van der Waals surface area contributed by atoms with Gasteiger partial charge >= 0.3 is 6.18 Å². The fraction of sp³-hybridized carbons (Fsp3) is 0.182. The van der Waals surface area contributed by atoms with E-state index in [-0.39, 0.29) is 11.6 Å². The molecule has 6 heteroatoms. The molecule has 0 aliphatic heterocycles. The largest absolute Gasteiger partial charge is 0.507 e. The number of carbonyl (C=O) groups is 1. The van der Waals surface area contributed by atoms with Crippen LogP contribution in [0.2, 0.25) is 0 Å². The number of methoxy groups -OCH3 is 1. The summed E-state index contributed by atoms with van der Waals surface area (Å²) in [5.41, 5.74) is 0.0713. The number of hydrogen-bond acceptors (Lipinski definition) is 3. The van der Waals surface area contributed by atoms with Gasteiger partial charge in [0.05, 0.1) is 7.11 Å². The number of ketones is 1. The minimum Gasteiger partial charge on any atom is -0.507 e. The molecule has 92 valence electrons. The van der Waals surface area contributed by atoms with Crippen LogP contribution in [0.15, 0.2) is 30.3 Å². The molecule has 3 nitrogen and oxygen atoms in total. The molecule has 0 bridgehead atoms. The Morgan fingerprint density at radius 1 is 1.41 bits per heavy atom. The molecule has 0 spiro atoms. The van der Waals surface area contributed by atoms with E-state index in [4.69, 9.17) is 4.74 Å². The van der Waals surface area contributed by atoms with E-state index >= 15 is 0 Å². The van der Waals surface area contributed by atoms with Gasteiger partial charge in [0.2, 0.25) is 0 Å². The van der Waals surface area contributed by atoms with Crippen LogP contribution in [0.3, 0.4) is 0 Å². The number of benzene rings is 1. The number of rotatable bonds is 3. The molecule has 1 N–H and O–H groups in total. The zero-order chi connectivity index (χ0) is 13.1. The molecule has 0 aromatic heterocycles. The molecule has 1 aromatic carbocycles. The molecule has 0 aliphatic carbocycles. The van der Waals surface area contributed by atoms with Crippen LogP contribution in [0, 0.1) is 0 Å². The third kappa shape index (κ3) is 3.51. The quantitative estimate of drug-likeness (QED) is 0.658. The molecule has 0 radical (unpaired) electrons. The summed E-state index contributed by atoms with van der Waals surface area (Å²) < 4.78 is 40.7. The molecule has 0 saturated heterocycles. The van der Waals surface area contributed by atoms with Gasteiger partial charge in [-0.3, -0.25) is 4.79 Å². The van der Waals surface area contributed by atoms with Crippen molar-refractivity contribution >= 4 is 11.5 Å². The van der Waals surface area contributed by atoms with Crippen LogP contribution in [0.5, 0.6) is 5.75 Å². The van der Waals surface area contributed by atoms with E-state index in [1.54, 1.807) is 6.07 Å². The van der Waals surface area contributed by atoms with Gasteiger partial charge in [-0.2, -0.15) is 13.2 Å². The molecular formula is C11H9F3O3. The number of carbonyl (C=O) groups excluding carboxylic acids is 1. The van der Waals surface area contributed by atoms with Crippen molar-refractivity contribution in [2.24, 2.45) is 0 Å². The van der Waals surface area contributed by atoms with Crippen LogP contribution >= 0.6 is 0 Å². The molecule has 1 rings (SSSR count). The Morgan fingerprint density at radius 3 is 2.59 bits per heavy atom. The highest BCUT2D eigenvalue weighted by molar-refractivity contribution is 5.99. The maximum atomic E-state index is 11.9. The fourth-order valence-electron chi connectivity index (χ4n) is 1.07. The predicted molar refractivity (Wildman–Crippen MR) is 54.7 cm³/mol. The number of hydrogen-bond donors (Lipinski definition) is 1. The van der Waals surface area contributed by atoms with Gasteiger partial charge in [-0.25, -0.2) is 0 Å². The zero-order valence-electron chi connectivity index (χ0n) is 8.78. The molecule has 0 aliphatic rings. The van der Waals surface area contributed by atoms with Gasteiger partial charge in [0.15, 0.2) is 0 Å². The lowest BCUT2D eigenvalue weighted by atomic mass is 10.1. The second kappa shape index (κ2) is 4.90. The van der Waals surface area contributed by atoms with Crippen molar-refractivity contribution in [3.8, 4) is 5.75 Å². The molecule has 0 unspecified atom stereocenters. The van der Waals surface area contributed by atoms with Crippen LogP contribution in [0.4, 0.5) is 13.2 Å². The first-order valence-corrected chi connectivity index (χ1v) is 4.51. The lowest BCUT2D eigenvalue weighted by molar-refractivity contribution is -0.165. The van der Waals surface area contributed by atoms with E-state index in [9.17, 15) is 23.1 Å². The Morgan fingerprint density at radius 2 is 2.06 bits per heavy atom. The SMILES string of the molecule is COc1cccc(C(O)=CC(=O)C(F)(F)F)c1. The highest BCUT2D eigenvalue weighted by atomic mass is 19.4. The van der Waals surface area contributed by atoms with E-state index < -0.39 is 17.7 Å². The molecular weight excluding hydrogens is 237 g/mol. The summed E-state index contributed by atoms with van der Waals surface area (Å²) in [5.74, 6) is -2.51. The first-order chi connectivity index (χ1) is 7.84. The van der Waals surface area contributed by atoms with Crippen molar-refractivity contribution < 1.29 is 27.8 Å². The Balaban J connectivity index is 3.00. The van der Waals surface area contributed by atoms with E-state index in [0.717, 1.165) is 0 Å². The van der Waals surface area contributed by atoms with Gasteiger partial charge < -0.3 is 9.84 Å². The fourth-order valence-corrected chi connectivity index (χ4v) is 1.07. The predicted octanol–water partition coefficient (Wildman–Crippen LogP) is 2.73. The first-order valence-electron chi connectivity index (χ1n) is 4.51. The molecule has 0 atom stereocenters. The van der Waals surface area contributed by atoms with Gasteiger partial charge in [0, 0.05) is 11.6 Å². The third-order valence-electron chi connectivity index (χ3n) is 1.91. The Bertz CT molecular complexity index is 450. The third-order valence-corrected chi connectivity index (χ3v) is 1.91. The van der Waals surface area contributed by atoms with Gasteiger partial charge in [-0.15, -0.1) is 0 Å². The lowest BCUT2D eigenvalue weighted by Crippen LogP contribution is -2.20. The van der Waals surface area contributed by atoms with E-state index in [1.807, 2.05) is 0 Å². The summed E-state index contributed by atoms with van der Waals surface area (Å²) in [6, 6.07) is 5.71. The number of ether oxygens (including phenoxy) is 1. The highest BCUT2D eigenvalue weighted by Crippen LogP contribution is 2.21. The van der Waals surface area contributed by atoms with Crippen molar-refractivity contribution in [1.82, 2.24) is 0 Å². The average molecular weight is 246 g/mol. The average Bonchev–Trinajstić information content (AvgIpc) is 2.27. The lowest BCUT2D eigenvalue weighted by Gasteiger charge is -2.04. The zero-order valence-corrected chi connectivity index (χ0v) is 8.78. The van der Waals surface area contributed by atoms with Crippen molar-refractivity contribution in [2.45, 2.75) is 6.18 Å². The molecule has 17 heavy (non-hydrogen) atoms. The van der Waals surface area contributed by atoms with E-state index in [2.05, 4.69) is 0 Å². The first kappa shape index (κ1) is 13.1. The van der Waals surface area contributed by atoms with Crippen LogP contribution < -0.4 is 4.74 Å². The van der Waals surface area contributed by atoms with Gasteiger partial charge in [0.25, 0.3) is 5.78 Å². The van der Waals surface area contributed by atoms with Gasteiger partial charge in [-0.05, 0) is 12.1 Å². The summed E-state index contributed by atoms with van der Waals surface area (Å²) in [4.78, 5) is 10.6. The van der Waals surface area contributed by atoms with Crippen molar-refractivity contribution in [3.05, 3.63) is 35.9 Å². The number of aliphatic hydroxyl groups excluding tert-OH is 1.